The maximum atomic E-state index is 5.08. The molecule has 0 fully saturated rings. The van der Waals surface area contributed by atoms with Gasteiger partial charge in [-0.2, -0.15) is 0 Å². The van der Waals surface area contributed by atoms with Crippen molar-refractivity contribution in [3.63, 3.8) is 0 Å². The molecule has 0 unspecified atom stereocenters. The smallest absolute Gasteiger partial charge is 0.160 e. The molecule has 0 amide bonds. The predicted octanol–water partition coefficient (Wildman–Crippen LogP) is 15.0. The Balaban J connectivity index is 0.898. The molecule has 4 heteroatoms. The van der Waals surface area contributed by atoms with Crippen molar-refractivity contribution < 1.29 is 0 Å². The fourth-order valence-electron chi connectivity index (χ4n) is 9.19. The van der Waals surface area contributed by atoms with Crippen LogP contribution in [0.25, 0.3) is 111 Å². The standard InChI is InChI=1S/C58H38N4/c1-3-15-41(16-4-1)52-38-53(42-17-5-2-6-18-42)60-58(59-52)45-20-13-19-43(35-45)39-29-31-40(32-30-39)44-33-34-57-51(36-44)50-25-9-12-28-56(50)62(57)47-22-14-21-46(37-47)61-54-26-10-7-23-48(54)49-24-8-11-27-55(49)61/h1-38H. The van der Waals surface area contributed by atoms with Crippen molar-refractivity contribution >= 4 is 43.6 Å². The lowest BCUT2D eigenvalue weighted by molar-refractivity contribution is 1.13. The van der Waals surface area contributed by atoms with Crippen molar-refractivity contribution in [2.24, 2.45) is 0 Å². The van der Waals surface area contributed by atoms with E-state index in [9.17, 15) is 0 Å². The van der Waals surface area contributed by atoms with E-state index in [2.05, 4.69) is 203 Å². The number of benzene rings is 9. The van der Waals surface area contributed by atoms with E-state index < -0.39 is 0 Å². The van der Waals surface area contributed by atoms with Crippen molar-refractivity contribution in [3.05, 3.63) is 231 Å². The second kappa shape index (κ2) is 14.7. The first-order valence-electron chi connectivity index (χ1n) is 21.1. The Hall–Kier alpha value is -8.34. The molecule has 12 aromatic rings. The average molecular weight is 791 g/mol. The number of aromatic nitrogens is 4. The molecule has 3 heterocycles. The van der Waals surface area contributed by atoms with E-state index in [4.69, 9.17) is 9.97 Å². The molecular weight excluding hydrogens is 753 g/mol. The third-order valence-corrected chi connectivity index (χ3v) is 12.1. The second-order valence-corrected chi connectivity index (χ2v) is 15.8. The van der Waals surface area contributed by atoms with Gasteiger partial charge in [-0.15, -0.1) is 0 Å². The van der Waals surface area contributed by atoms with Gasteiger partial charge in [-0.25, -0.2) is 9.97 Å². The van der Waals surface area contributed by atoms with Gasteiger partial charge in [-0.3, -0.25) is 0 Å². The summed E-state index contributed by atoms with van der Waals surface area (Å²) >= 11 is 0. The SMILES string of the molecule is c1ccc(-c2cc(-c3ccccc3)nc(-c3cccc(-c4ccc(-c5ccc6c(c5)c5ccccc5n6-c5cccc(-n6c7ccccc7c7ccccc76)c5)cc4)c3)n2)cc1. The van der Waals surface area contributed by atoms with Crippen molar-refractivity contribution in [3.8, 4) is 67.5 Å². The molecule has 0 bridgehead atoms. The quantitative estimate of drug-likeness (QED) is 0.161. The van der Waals surface area contributed by atoms with Crippen LogP contribution in [0.4, 0.5) is 0 Å². The normalized spacial score (nSPS) is 11.5. The molecule has 0 aliphatic carbocycles. The molecule has 0 radical (unpaired) electrons. The Bertz CT molecular complexity index is 3510. The molecule has 0 saturated carbocycles. The van der Waals surface area contributed by atoms with Gasteiger partial charge in [0.15, 0.2) is 5.82 Å². The summed E-state index contributed by atoms with van der Waals surface area (Å²) in [4.78, 5) is 10.2. The summed E-state index contributed by atoms with van der Waals surface area (Å²) in [6, 6.07) is 82.2. The van der Waals surface area contributed by atoms with Crippen LogP contribution >= 0.6 is 0 Å². The minimum absolute atomic E-state index is 0.703. The zero-order chi connectivity index (χ0) is 41.0. The van der Waals surface area contributed by atoms with E-state index in [1.54, 1.807) is 0 Å². The van der Waals surface area contributed by atoms with Crippen LogP contribution in [0.15, 0.2) is 231 Å². The second-order valence-electron chi connectivity index (χ2n) is 15.8. The molecule has 9 aromatic carbocycles. The lowest BCUT2D eigenvalue weighted by atomic mass is 9.98. The van der Waals surface area contributed by atoms with Crippen LogP contribution in [0.5, 0.6) is 0 Å². The number of nitrogens with zero attached hydrogens (tertiary/aromatic N) is 4. The highest BCUT2D eigenvalue weighted by molar-refractivity contribution is 6.11. The fraction of sp³-hybridized carbons (Fsp3) is 0. The molecular formula is C58H38N4. The van der Waals surface area contributed by atoms with Crippen LogP contribution in [0, 0.1) is 0 Å². The van der Waals surface area contributed by atoms with Gasteiger partial charge in [0.25, 0.3) is 0 Å². The Labute approximate surface area is 359 Å². The number of para-hydroxylation sites is 3. The third-order valence-electron chi connectivity index (χ3n) is 12.1. The van der Waals surface area contributed by atoms with E-state index in [-0.39, 0.29) is 0 Å². The molecule has 3 aromatic heterocycles. The minimum atomic E-state index is 0.703. The van der Waals surface area contributed by atoms with Gasteiger partial charge >= 0.3 is 0 Å². The van der Waals surface area contributed by atoms with Gasteiger partial charge in [0.2, 0.25) is 0 Å². The largest absolute Gasteiger partial charge is 0.309 e. The maximum absolute atomic E-state index is 5.08. The van der Waals surface area contributed by atoms with E-state index in [1.165, 1.54) is 54.7 Å². The van der Waals surface area contributed by atoms with Gasteiger partial charge in [-0.1, -0.05) is 170 Å². The van der Waals surface area contributed by atoms with Crippen molar-refractivity contribution in [1.82, 2.24) is 19.1 Å². The molecule has 0 saturated heterocycles. The highest BCUT2D eigenvalue weighted by Gasteiger charge is 2.17. The van der Waals surface area contributed by atoms with Gasteiger partial charge in [0, 0.05) is 49.6 Å². The Morgan fingerprint density at radius 1 is 0.242 bits per heavy atom. The van der Waals surface area contributed by atoms with Crippen LogP contribution in [-0.4, -0.2) is 19.1 Å². The Morgan fingerprint density at radius 3 is 1.19 bits per heavy atom. The molecule has 0 atom stereocenters. The third kappa shape index (κ3) is 6.08. The zero-order valence-corrected chi connectivity index (χ0v) is 33.7. The highest BCUT2D eigenvalue weighted by atomic mass is 15.0. The first-order valence-corrected chi connectivity index (χ1v) is 21.1. The summed E-state index contributed by atoms with van der Waals surface area (Å²) < 4.78 is 4.79. The molecule has 0 spiro atoms. The van der Waals surface area contributed by atoms with Gasteiger partial charge < -0.3 is 9.13 Å². The number of hydrogen-bond acceptors (Lipinski definition) is 2. The molecule has 62 heavy (non-hydrogen) atoms. The van der Waals surface area contributed by atoms with Crippen molar-refractivity contribution in [2.45, 2.75) is 0 Å². The molecule has 0 aliphatic heterocycles. The minimum Gasteiger partial charge on any atom is -0.309 e. The van der Waals surface area contributed by atoms with E-state index in [0.717, 1.165) is 50.6 Å². The Morgan fingerprint density at radius 2 is 0.645 bits per heavy atom. The van der Waals surface area contributed by atoms with Gasteiger partial charge in [-0.05, 0) is 82.9 Å². The van der Waals surface area contributed by atoms with Crippen LogP contribution < -0.4 is 0 Å². The molecule has 0 aliphatic rings. The van der Waals surface area contributed by atoms with Crippen LogP contribution in [-0.2, 0) is 0 Å². The molecule has 290 valence electrons. The monoisotopic (exact) mass is 790 g/mol. The first kappa shape index (κ1) is 35.6. The molecule has 4 nitrogen and oxygen atoms in total. The number of rotatable bonds is 7. The van der Waals surface area contributed by atoms with Crippen LogP contribution in [0.1, 0.15) is 0 Å². The summed E-state index contributed by atoms with van der Waals surface area (Å²) in [7, 11) is 0. The summed E-state index contributed by atoms with van der Waals surface area (Å²) in [5, 5.41) is 4.98. The lowest BCUT2D eigenvalue weighted by Crippen LogP contribution is -1.98. The highest BCUT2D eigenvalue weighted by Crippen LogP contribution is 2.38. The summed E-state index contributed by atoms with van der Waals surface area (Å²) in [5.41, 5.74) is 16.5. The van der Waals surface area contributed by atoms with Crippen molar-refractivity contribution in [2.75, 3.05) is 0 Å². The average Bonchev–Trinajstić information content (AvgIpc) is 3.87. The lowest BCUT2D eigenvalue weighted by Gasteiger charge is -2.13. The van der Waals surface area contributed by atoms with Gasteiger partial charge in [0.05, 0.1) is 33.5 Å². The van der Waals surface area contributed by atoms with E-state index in [0.29, 0.717) is 5.82 Å². The van der Waals surface area contributed by atoms with E-state index >= 15 is 0 Å². The fourth-order valence-corrected chi connectivity index (χ4v) is 9.19. The topological polar surface area (TPSA) is 35.6 Å². The van der Waals surface area contributed by atoms with Crippen molar-refractivity contribution in [1.29, 1.82) is 0 Å². The van der Waals surface area contributed by atoms with Crippen LogP contribution in [0.3, 0.4) is 0 Å². The van der Waals surface area contributed by atoms with Crippen LogP contribution in [0.2, 0.25) is 0 Å². The van der Waals surface area contributed by atoms with Gasteiger partial charge in [0.1, 0.15) is 0 Å². The van der Waals surface area contributed by atoms with E-state index in [1.807, 2.05) is 36.4 Å². The maximum Gasteiger partial charge on any atom is 0.160 e. The summed E-state index contributed by atoms with van der Waals surface area (Å²) in [6.45, 7) is 0. The molecule has 12 rings (SSSR count). The summed E-state index contributed by atoms with van der Waals surface area (Å²) in [5.74, 6) is 0.703. The number of hydrogen-bond donors (Lipinski definition) is 0. The zero-order valence-electron chi connectivity index (χ0n) is 33.7. The molecule has 0 N–H and O–H groups in total. The first-order chi connectivity index (χ1) is 30.7. The Kier molecular flexibility index (Phi) is 8.46. The predicted molar refractivity (Wildman–Crippen MR) is 258 cm³/mol. The summed E-state index contributed by atoms with van der Waals surface area (Å²) in [6.07, 6.45) is 0. The number of fused-ring (bicyclic) bond motifs is 6.